The normalized spacial score (nSPS) is 13.3. The van der Waals surface area contributed by atoms with Gasteiger partial charge in [0.05, 0.1) is 12.5 Å². The van der Waals surface area contributed by atoms with E-state index in [-0.39, 0.29) is 0 Å². The highest BCUT2D eigenvalue weighted by Gasteiger charge is 2.13. The van der Waals surface area contributed by atoms with E-state index in [0.717, 1.165) is 17.7 Å². The fourth-order valence-electron chi connectivity index (χ4n) is 2.98. The molecule has 0 saturated carbocycles. The number of fused-ring (bicyclic) bond motifs is 1. The predicted octanol–water partition coefficient (Wildman–Crippen LogP) is 3.96. The second-order valence-corrected chi connectivity index (χ2v) is 5.52. The number of rotatable bonds is 3. The van der Waals surface area contributed by atoms with Crippen LogP contribution >= 0.6 is 0 Å². The molecule has 0 spiro atoms. The second kappa shape index (κ2) is 5.88. The molecule has 3 rings (SSSR count). The number of nitrogens with zero attached hydrogens (tertiary/aromatic N) is 1. The van der Waals surface area contributed by atoms with Crippen LogP contribution in [0.3, 0.4) is 0 Å². The lowest BCUT2D eigenvalue weighted by atomic mass is 9.90. The minimum Gasteiger partial charge on any atom is -0.398 e. The Morgan fingerprint density at radius 2 is 2.00 bits per heavy atom. The van der Waals surface area contributed by atoms with Crippen molar-refractivity contribution in [2.45, 2.75) is 32.1 Å². The topological polar surface area (TPSA) is 61.8 Å². The third-order valence-corrected chi connectivity index (χ3v) is 4.09. The first-order valence-corrected chi connectivity index (χ1v) is 7.41. The van der Waals surface area contributed by atoms with E-state index in [1.807, 2.05) is 18.2 Å². The van der Waals surface area contributed by atoms with Crippen LogP contribution in [0.5, 0.6) is 0 Å². The maximum absolute atomic E-state index is 8.86. The standard InChI is InChI=1S/C18H19N3/c19-11-10-14-12-15(8-9-17(14)20)21-18-7-3-5-13-4-1-2-6-16(13)18/h3,5,7-9,12,21H,1-2,4,6,10,20H2. The zero-order chi connectivity index (χ0) is 14.7. The van der Waals surface area contributed by atoms with Gasteiger partial charge in [-0.05, 0) is 66.6 Å². The van der Waals surface area contributed by atoms with Crippen LogP contribution in [-0.2, 0) is 19.3 Å². The second-order valence-electron chi connectivity index (χ2n) is 5.52. The van der Waals surface area contributed by atoms with Crippen LogP contribution in [0.1, 0.15) is 29.5 Å². The van der Waals surface area contributed by atoms with Gasteiger partial charge in [0.15, 0.2) is 0 Å². The molecule has 2 aromatic rings. The first kappa shape index (κ1) is 13.5. The number of benzene rings is 2. The molecule has 0 saturated heterocycles. The molecule has 0 amide bonds. The fraction of sp³-hybridized carbons (Fsp3) is 0.278. The molecule has 0 atom stereocenters. The average molecular weight is 277 g/mol. The summed E-state index contributed by atoms with van der Waals surface area (Å²) in [4.78, 5) is 0. The van der Waals surface area contributed by atoms with Gasteiger partial charge in [-0.2, -0.15) is 5.26 Å². The van der Waals surface area contributed by atoms with Crippen LogP contribution in [0.4, 0.5) is 17.1 Å². The van der Waals surface area contributed by atoms with E-state index in [1.54, 1.807) is 0 Å². The third kappa shape index (κ3) is 2.85. The number of nitrogens with two attached hydrogens (primary N) is 1. The molecular weight excluding hydrogens is 258 g/mol. The van der Waals surface area contributed by atoms with Crippen LogP contribution in [0.25, 0.3) is 0 Å². The third-order valence-electron chi connectivity index (χ3n) is 4.09. The van der Waals surface area contributed by atoms with Crippen molar-refractivity contribution in [1.82, 2.24) is 0 Å². The van der Waals surface area contributed by atoms with Crippen molar-refractivity contribution in [3.05, 3.63) is 53.1 Å². The molecule has 0 aromatic heterocycles. The molecule has 3 heteroatoms. The van der Waals surface area contributed by atoms with Gasteiger partial charge in [-0.3, -0.25) is 0 Å². The van der Waals surface area contributed by atoms with Gasteiger partial charge >= 0.3 is 0 Å². The summed E-state index contributed by atoms with van der Waals surface area (Å²) in [5, 5.41) is 12.3. The monoisotopic (exact) mass is 277 g/mol. The zero-order valence-corrected chi connectivity index (χ0v) is 12.0. The molecule has 3 N–H and O–H groups in total. The zero-order valence-electron chi connectivity index (χ0n) is 12.0. The smallest absolute Gasteiger partial charge is 0.0670 e. The maximum atomic E-state index is 8.86. The van der Waals surface area contributed by atoms with Gasteiger partial charge in [-0.1, -0.05) is 12.1 Å². The van der Waals surface area contributed by atoms with E-state index in [2.05, 4.69) is 29.6 Å². The molecule has 1 aliphatic rings. The fourth-order valence-corrected chi connectivity index (χ4v) is 2.98. The Labute approximate surface area is 125 Å². The van der Waals surface area contributed by atoms with Gasteiger partial charge in [0, 0.05) is 17.1 Å². The molecule has 0 heterocycles. The Bertz CT molecular complexity index is 698. The van der Waals surface area contributed by atoms with E-state index in [4.69, 9.17) is 11.0 Å². The number of aryl methyl sites for hydroxylation is 1. The summed E-state index contributed by atoms with van der Waals surface area (Å²) < 4.78 is 0. The van der Waals surface area contributed by atoms with Crippen molar-refractivity contribution in [3.8, 4) is 6.07 Å². The van der Waals surface area contributed by atoms with Gasteiger partial charge < -0.3 is 11.1 Å². The molecule has 0 radical (unpaired) electrons. The largest absolute Gasteiger partial charge is 0.398 e. The number of hydrogen-bond donors (Lipinski definition) is 2. The molecule has 1 aliphatic carbocycles. The summed E-state index contributed by atoms with van der Waals surface area (Å²) in [5.41, 5.74) is 12.5. The van der Waals surface area contributed by atoms with E-state index in [9.17, 15) is 0 Å². The maximum Gasteiger partial charge on any atom is 0.0670 e. The molecule has 0 unspecified atom stereocenters. The number of nitrogen functional groups attached to an aromatic ring is 1. The summed E-state index contributed by atoms with van der Waals surface area (Å²) in [5.74, 6) is 0. The van der Waals surface area contributed by atoms with Crippen molar-refractivity contribution in [3.63, 3.8) is 0 Å². The van der Waals surface area contributed by atoms with Crippen LogP contribution in [0.2, 0.25) is 0 Å². The molecule has 0 fully saturated rings. The lowest BCUT2D eigenvalue weighted by molar-refractivity contribution is 0.687. The molecule has 106 valence electrons. The Balaban J connectivity index is 1.91. The lowest BCUT2D eigenvalue weighted by Gasteiger charge is -2.20. The molecule has 0 aliphatic heterocycles. The predicted molar refractivity (Wildman–Crippen MR) is 86.5 cm³/mol. The Hall–Kier alpha value is -2.47. The summed E-state index contributed by atoms with van der Waals surface area (Å²) >= 11 is 0. The molecule has 2 aromatic carbocycles. The number of hydrogen-bond acceptors (Lipinski definition) is 3. The minimum absolute atomic E-state index is 0.342. The van der Waals surface area contributed by atoms with Crippen molar-refractivity contribution in [1.29, 1.82) is 5.26 Å². The number of nitriles is 1. The van der Waals surface area contributed by atoms with Crippen molar-refractivity contribution >= 4 is 17.1 Å². The molecule has 3 nitrogen and oxygen atoms in total. The van der Waals surface area contributed by atoms with Gasteiger partial charge in [0.2, 0.25) is 0 Å². The molecule has 21 heavy (non-hydrogen) atoms. The summed E-state index contributed by atoms with van der Waals surface area (Å²) in [7, 11) is 0. The van der Waals surface area contributed by atoms with Crippen LogP contribution in [0, 0.1) is 11.3 Å². The summed E-state index contributed by atoms with van der Waals surface area (Å²) in [6, 6.07) is 14.4. The van der Waals surface area contributed by atoms with E-state index in [0.29, 0.717) is 12.1 Å². The first-order valence-electron chi connectivity index (χ1n) is 7.41. The minimum atomic E-state index is 0.342. The van der Waals surface area contributed by atoms with E-state index in [1.165, 1.54) is 36.1 Å². The summed E-state index contributed by atoms with van der Waals surface area (Å²) in [6.45, 7) is 0. The van der Waals surface area contributed by atoms with Gasteiger partial charge in [-0.25, -0.2) is 0 Å². The van der Waals surface area contributed by atoms with E-state index < -0.39 is 0 Å². The number of anilines is 3. The van der Waals surface area contributed by atoms with Crippen LogP contribution in [-0.4, -0.2) is 0 Å². The Morgan fingerprint density at radius 3 is 2.86 bits per heavy atom. The highest BCUT2D eigenvalue weighted by atomic mass is 14.9. The first-order chi connectivity index (χ1) is 10.3. The molecule has 0 bridgehead atoms. The number of nitrogens with one attached hydrogen (secondary N) is 1. The lowest BCUT2D eigenvalue weighted by Crippen LogP contribution is -2.06. The van der Waals surface area contributed by atoms with Gasteiger partial charge in [0.25, 0.3) is 0 Å². The highest BCUT2D eigenvalue weighted by Crippen LogP contribution is 2.30. The van der Waals surface area contributed by atoms with Crippen molar-refractivity contribution in [2.75, 3.05) is 11.1 Å². The Kier molecular flexibility index (Phi) is 3.79. The quantitative estimate of drug-likeness (QED) is 0.835. The SMILES string of the molecule is N#CCc1cc(Nc2cccc3c2CCCC3)ccc1N. The highest BCUT2D eigenvalue weighted by molar-refractivity contribution is 5.68. The Morgan fingerprint density at radius 1 is 1.14 bits per heavy atom. The summed E-state index contributed by atoms with van der Waals surface area (Å²) in [6.07, 6.45) is 5.19. The average Bonchev–Trinajstić information content (AvgIpc) is 2.51. The van der Waals surface area contributed by atoms with Gasteiger partial charge in [-0.15, -0.1) is 0 Å². The van der Waals surface area contributed by atoms with Crippen LogP contribution < -0.4 is 11.1 Å². The van der Waals surface area contributed by atoms with Crippen molar-refractivity contribution in [2.24, 2.45) is 0 Å². The van der Waals surface area contributed by atoms with Crippen LogP contribution in [0.15, 0.2) is 36.4 Å². The van der Waals surface area contributed by atoms with Gasteiger partial charge in [0.1, 0.15) is 0 Å². The van der Waals surface area contributed by atoms with Crippen molar-refractivity contribution < 1.29 is 0 Å². The molecular formula is C18H19N3. The van der Waals surface area contributed by atoms with E-state index >= 15 is 0 Å².